The van der Waals surface area contributed by atoms with Crippen molar-refractivity contribution in [1.29, 1.82) is 0 Å². The van der Waals surface area contributed by atoms with E-state index in [0.717, 1.165) is 12.1 Å². The van der Waals surface area contributed by atoms with Gasteiger partial charge in [0.2, 0.25) is 0 Å². The monoisotopic (exact) mass is 252 g/mol. The number of nitrogens with one attached hydrogen (secondary N) is 1. The molecule has 1 rings (SSSR count). The van der Waals surface area contributed by atoms with Gasteiger partial charge in [0.05, 0.1) is 18.1 Å². The molecule has 0 amide bonds. The molecule has 0 fully saturated rings. The number of benzene rings is 1. The van der Waals surface area contributed by atoms with Crippen molar-refractivity contribution >= 4 is 5.69 Å². The van der Waals surface area contributed by atoms with Crippen molar-refractivity contribution in [3.63, 3.8) is 0 Å². The molecule has 0 aliphatic rings. The van der Waals surface area contributed by atoms with Crippen LogP contribution in [0.15, 0.2) is 24.3 Å². The first-order valence-corrected chi connectivity index (χ1v) is 6.14. The van der Waals surface area contributed by atoms with Gasteiger partial charge in [-0.3, -0.25) is 10.1 Å². The Morgan fingerprint density at radius 3 is 2.72 bits per heavy atom. The lowest BCUT2D eigenvalue weighted by atomic mass is 10.1. The fourth-order valence-corrected chi connectivity index (χ4v) is 1.60. The zero-order valence-corrected chi connectivity index (χ0v) is 10.9. The van der Waals surface area contributed by atoms with Gasteiger partial charge in [-0.25, -0.2) is 0 Å². The van der Waals surface area contributed by atoms with Crippen molar-refractivity contribution in [2.45, 2.75) is 26.3 Å². The van der Waals surface area contributed by atoms with E-state index in [9.17, 15) is 10.1 Å². The topological polar surface area (TPSA) is 64.4 Å². The zero-order chi connectivity index (χ0) is 13.4. The average molecular weight is 252 g/mol. The molecule has 0 aliphatic carbocycles. The van der Waals surface area contributed by atoms with Crippen LogP contribution in [0.2, 0.25) is 0 Å². The summed E-state index contributed by atoms with van der Waals surface area (Å²) >= 11 is 0. The Labute approximate surface area is 107 Å². The Balaban J connectivity index is 2.29. The number of hydrogen-bond acceptors (Lipinski definition) is 4. The van der Waals surface area contributed by atoms with E-state index < -0.39 is 0 Å². The fourth-order valence-electron chi connectivity index (χ4n) is 1.60. The van der Waals surface area contributed by atoms with E-state index in [4.69, 9.17) is 4.74 Å². The van der Waals surface area contributed by atoms with Gasteiger partial charge in [-0.2, -0.15) is 0 Å². The molecule has 0 saturated heterocycles. The molecular weight excluding hydrogens is 232 g/mol. The third-order valence-electron chi connectivity index (χ3n) is 2.50. The van der Waals surface area contributed by atoms with Gasteiger partial charge < -0.3 is 10.1 Å². The predicted octanol–water partition coefficient (Wildman–Crippen LogP) is 2.15. The molecule has 18 heavy (non-hydrogen) atoms. The van der Waals surface area contributed by atoms with E-state index in [1.165, 1.54) is 6.07 Å². The SMILES string of the molecule is CC(C)NCCOCCc1ccccc1[N+](=O)[O-]. The standard InChI is InChI=1S/C13H20N2O3/c1-11(2)14-8-10-18-9-7-12-5-3-4-6-13(12)15(16)17/h3-6,11,14H,7-10H2,1-2H3. The molecule has 0 aromatic heterocycles. The van der Waals surface area contributed by atoms with Crippen LogP contribution in [0.5, 0.6) is 0 Å². The van der Waals surface area contributed by atoms with Gasteiger partial charge in [-0.15, -0.1) is 0 Å². The number of nitro benzene ring substituents is 1. The third-order valence-corrected chi connectivity index (χ3v) is 2.50. The number of ether oxygens (including phenoxy) is 1. The molecule has 0 saturated carbocycles. The van der Waals surface area contributed by atoms with Crippen LogP contribution in [-0.2, 0) is 11.2 Å². The van der Waals surface area contributed by atoms with Crippen molar-refractivity contribution in [2.75, 3.05) is 19.8 Å². The summed E-state index contributed by atoms with van der Waals surface area (Å²) < 4.78 is 5.44. The highest BCUT2D eigenvalue weighted by atomic mass is 16.6. The Morgan fingerprint density at radius 1 is 1.33 bits per heavy atom. The van der Waals surface area contributed by atoms with E-state index in [1.807, 2.05) is 6.07 Å². The molecule has 1 N–H and O–H groups in total. The highest BCUT2D eigenvalue weighted by Gasteiger charge is 2.11. The highest BCUT2D eigenvalue weighted by molar-refractivity contribution is 5.39. The molecule has 0 spiro atoms. The normalized spacial score (nSPS) is 10.8. The van der Waals surface area contributed by atoms with Crippen LogP contribution in [0, 0.1) is 10.1 Å². The minimum absolute atomic E-state index is 0.168. The second-order valence-corrected chi connectivity index (χ2v) is 4.36. The summed E-state index contributed by atoms with van der Waals surface area (Å²) in [5.74, 6) is 0. The van der Waals surface area contributed by atoms with E-state index in [0.29, 0.717) is 25.7 Å². The summed E-state index contributed by atoms with van der Waals surface area (Å²) in [6.07, 6.45) is 0.568. The quantitative estimate of drug-likeness (QED) is 0.437. The molecule has 1 aromatic rings. The minimum Gasteiger partial charge on any atom is -0.380 e. The van der Waals surface area contributed by atoms with Gasteiger partial charge in [0, 0.05) is 30.6 Å². The number of para-hydroxylation sites is 1. The first-order chi connectivity index (χ1) is 8.61. The Bertz CT molecular complexity index is 380. The average Bonchev–Trinajstić information content (AvgIpc) is 2.33. The molecule has 5 heteroatoms. The number of rotatable bonds is 8. The smallest absolute Gasteiger partial charge is 0.272 e. The maximum absolute atomic E-state index is 10.8. The van der Waals surface area contributed by atoms with Gasteiger partial charge in [-0.1, -0.05) is 32.0 Å². The molecule has 5 nitrogen and oxygen atoms in total. The lowest BCUT2D eigenvalue weighted by Crippen LogP contribution is -2.26. The lowest BCUT2D eigenvalue weighted by Gasteiger charge is -2.08. The molecule has 100 valence electrons. The summed E-state index contributed by atoms with van der Waals surface area (Å²) in [5.41, 5.74) is 0.890. The van der Waals surface area contributed by atoms with E-state index in [2.05, 4.69) is 19.2 Å². The van der Waals surface area contributed by atoms with Crippen molar-refractivity contribution in [1.82, 2.24) is 5.32 Å². The summed E-state index contributed by atoms with van der Waals surface area (Å²) in [4.78, 5) is 10.4. The fraction of sp³-hybridized carbons (Fsp3) is 0.538. The van der Waals surface area contributed by atoms with Gasteiger partial charge in [-0.05, 0) is 0 Å². The molecule has 0 bridgehead atoms. The van der Waals surface area contributed by atoms with Gasteiger partial charge in [0.1, 0.15) is 0 Å². The number of nitro groups is 1. The van der Waals surface area contributed by atoms with Crippen LogP contribution in [0.4, 0.5) is 5.69 Å². The van der Waals surface area contributed by atoms with Crippen LogP contribution in [0.25, 0.3) is 0 Å². The predicted molar refractivity (Wildman–Crippen MR) is 70.8 cm³/mol. The summed E-state index contributed by atoms with van der Waals surface area (Å²) in [5, 5.41) is 14.0. The second kappa shape index (κ2) is 7.79. The largest absolute Gasteiger partial charge is 0.380 e. The first-order valence-electron chi connectivity index (χ1n) is 6.14. The summed E-state index contributed by atoms with van der Waals surface area (Å²) in [6.45, 7) is 6.08. The van der Waals surface area contributed by atoms with Crippen LogP contribution < -0.4 is 5.32 Å². The molecule has 0 heterocycles. The summed E-state index contributed by atoms with van der Waals surface area (Å²) in [6, 6.07) is 7.23. The maximum Gasteiger partial charge on any atom is 0.272 e. The Morgan fingerprint density at radius 2 is 2.06 bits per heavy atom. The second-order valence-electron chi connectivity index (χ2n) is 4.36. The first kappa shape index (κ1) is 14.6. The van der Waals surface area contributed by atoms with Crippen LogP contribution in [0.3, 0.4) is 0 Å². The van der Waals surface area contributed by atoms with Crippen molar-refractivity contribution < 1.29 is 9.66 Å². The summed E-state index contributed by atoms with van der Waals surface area (Å²) in [7, 11) is 0. The molecule has 0 aliphatic heterocycles. The van der Waals surface area contributed by atoms with Gasteiger partial charge >= 0.3 is 0 Å². The van der Waals surface area contributed by atoms with Gasteiger partial charge in [0.15, 0.2) is 0 Å². The molecule has 1 aromatic carbocycles. The van der Waals surface area contributed by atoms with E-state index >= 15 is 0 Å². The molecule has 0 radical (unpaired) electrons. The van der Waals surface area contributed by atoms with Crippen LogP contribution >= 0.6 is 0 Å². The van der Waals surface area contributed by atoms with E-state index in [1.54, 1.807) is 12.1 Å². The molecule has 0 unspecified atom stereocenters. The Kier molecular flexibility index (Phi) is 6.32. The van der Waals surface area contributed by atoms with Crippen molar-refractivity contribution in [2.24, 2.45) is 0 Å². The van der Waals surface area contributed by atoms with Crippen LogP contribution in [0.1, 0.15) is 19.4 Å². The van der Waals surface area contributed by atoms with Crippen molar-refractivity contribution in [3.05, 3.63) is 39.9 Å². The van der Waals surface area contributed by atoms with Crippen molar-refractivity contribution in [3.8, 4) is 0 Å². The van der Waals surface area contributed by atoms with Crippen LogP contribution in [-0.4, -0.2) is 30.7 Å². The molecule has 0 atom stereocenters. The van der Waals surface area contributed by atoms with E-state index in [-0.39, 0.29) is 10.6 Å². The zero-order valence-electron chi connectivity index (χ0n) is 10.9. The maximum atomic E-state index is 10.8. The highest BCUT2D eigenvalue weighted by Crippen LogP contribution is 2.17. The number of nitrogens with zero attached hydrogens (tertiary/aromatic N) is 1. The Hall–Kier alpha value is -1.46. The van der Waals surface area contributed by atoms with Gasteiger partial charge in [0.25, 0.3) is 5.69 Å². The third kappa shape index (κ3) is 5.25. The number of hydrogen-bond donors (Lipinski definition) is 1. The molecular formula is C13H20N2O3. The lowest BCUT2D eigenvalue weighted by molar-refractivity contribution is -0.385. The minimum atomic E-state index is -0.352.